The summed E-state index contributed by atoms with van der Waals surface area (Å²) in [7, 11) is 3.66. The zero-order valence-electron chi connectivity index (χ0n) is 19.4. The number of anilines is 3. The number of fused-ring (bicyclic) bond motifs is 1. The van der Waals surface area contributed by atoms with Gasteiger partial charge in [-0.25, -0.2) is 0 Å². The Kier molecular flexibility index (Phi) is 5.79. The van der Waals surface area contributed by atoms with E-state index < -0.39 is 0 Å². The summed E-state index contributed by atoms with van der Waals surface area (Å²) in [4.78, 5) is 17.9. The highest BCUT2D eigenvalue weighted by atomic mass is 32.1. The Morgan fingerprint density at radius 1 is 1.24 bits per heavy atom. The van der Waals surface area contributed by atoms with Crippen LogP contribution >= 0.6 is 11.3 Å². The minimum atomic E-state index is -0.209. The van der Waals surface area contributed by atoms with Gasteiger partial charge in [-0.1, -0.05) is 12.1 Å². The van der Waals surface area contributed by atoms with Crippen LogP contribution in [0.5, 0.6) is 0 Å². The largest absolute Gasteiger partial charge is 0.379 e. The van der Waals surface area contributed by atoms with E-state index in [9.17, 15) is 4.79 Å². The van der Waals surface area contributed by atoms with Crippen LogP contribution in [0.15, 0.2) is 41.8 Å². The molecular formula is C25H31N7OS. The van der Waals surface area contributed by atoms with Crippen LogP contribution in [0.3, 0.4) is 0 Å². The molecule has 1 amide bonds. The second-order valence-electron chi connectivity index (χ2n) is 8.54. The fraction of sp³-hybridized carbons (Fsp3) is 0.280. The number of amides is 1. The lowest BCUT2D eigenvalue weighted by atomic mass is 10.0. The normalized spacial score (nSPS) is 13.1. The van der Waals surface area contributed by atoms with Gasteiger partial charge in [-0.2, -0.15) is 5.10 Å². The molecule has 0 aliphatic heterocycles. The van der Waals surface area contributed by atoms with Crippen molar-refractivity contribution in [2.75, 3.05) is 23.0 Å². The number of hydrogen-bond donors (Lipinski definition) is 4. The molecule has 1 aromatic carbocycles. The number of nitrogens with zero attached hydrogens (tertiary/aromatic N) is 3. The molecular weight excluding hydrogens is 446 g/mol. The van der Waals surface area contributed by atoms with Gasteiger partial charge in [-0.15, -0.1) is 11.3 Å². The van der Waals surface area contributed by atoms with Gasteiger partial charge in [0.05, 0.1) is 33.7 Å². The van der Waals surface area contributed by atoms with Gasteiger partial charge in [0, 0.05) is 50.9 Å². The lowest BCUT2D eigenvalue weighted by Crippen LogP contribution is -2.17. The average molecular weight is 478 g/mol. The van der Waals surface area contributed by atoms with Crippen molar-refractivity contribution in [3.63, 3.8) is 0 Å². The van der Waals surface area contributed by atoms with Crippen LogP contribution in [0.25, 0.3) is 10.2 Å². The highest BCUT2D eigenvalue weighted by molar-refractivity contribution is 7.18. The SMILES string of the molecule is CNc1nn(C)c2c(C(=O)Nc3cccc(NCc4cccc(C)n4)c3C(=N)C3CC3)csc12.[HH].[HH]. The first-order chi connectivity index (χ1) is 16.5. The third-order valence-electron chi connectivity index (χ3n) is 6.01. The third-order valence-corrected chi connectivity index (χ3v) is 6.98. The molecule has 0 atom stereocenters. The molecule has 34 heavy (non-hydrogen) atoms. The molecule has 8 nitrogen and oxygen atoms in total. The number of hydrogen-bond acceptors (Lipinski definition) is 7. The summed E-state index contributed by atoms with van der Waals surface area (Å²) in [5.74, 6) is 0.784. The molecule has 1 aliphatic rings. The molecule has 9 heteroatoms. The van der Waals surface area contributed by atoms with Gasteiger partial charge >= 0.3 is 0 Å². The van der Waals surface area contributed by atoms with Gasteiger partial charge in [0.1, 0.15) is 0 Å². The van der Waals surface area contributed by atoms with Crippen molar-refractivity contribution in [2.45, 2.75) is 26.3 Å². The van der Waals surface area contributed by atoms with Crippen molar-refractivity contribution in [1.29, 1.82) is 5.41 Å². The van der Waals surface area contributed by atoms with E-state index in [2.05, 4.69) is 26.0 Å². The van der Waals surface area contributed by atoms with Crippen molar-refractivity contribution >= 4 is 50.4 Å². The molecule has 1 fully saturated rings. The number of nitrogens with one attached hydrogen (secondary N) is 4. The minimum Gasteiger partial charge on any atom is -0.379 e. The van der Waals surface area contributed by atoms with Gasteiger partial charge in [0.25, 0.3) is 5.91 Å². The van der Waals surface area contributed by atoms with Gasteiger partial charge in [0.15, 0.2) is 5.82 Å². The predicted octanol–water partition coefficient (Wildman–Crippen LogP) is 5.51. The Morgan fingerprint density at radius 2 is 2.00 bits per heavy atom. The molecule has 178 valence electrons. The molecule has 0 radical (unpaired) electrons. The monoisotopic (exact) mass is 477 g/mol. The number of carbonyl (C=O) groups excluding carboxylic acids is 1. The molecule has 1 saturated carbocycles. The molecule has 3 aromatic heterocycles. The Labute approximate surface area is 204 Å². The zero-order valence-corrected chi connectivity index (χ0v) is 20.2. The van der Waals surface area contributed by atoms with E-state index in [0.717, 1.165) is 51.5 Å². The van der Waals surface area contributed by atoms with Gasteiger partial charge in [-0.05, 0) is 44.0 Å². The lowest BCUT2D eigenvalue weighted by Gasteiger charge is -2.18. The van der Waals surface area contributed by atoms with Crippen molar-refractivity contribution in [3.05, 3.63) is 64.3 Å². The lowest BCUT2D eigenvalue weighted by molar-refractivity contribution is 0.102. The fourth-order valence-corrected chi connectivity index (χ4v) is 5.22. The number of aromatic nitrogens is 3. The molecule has 0 bridgehead atoms. The first-order valence-electron chi connectivity index (χ1n) is 11.3. The van der Waals surface area contributed by atoms with Crippen LogP contribution < -0.4 is 16.0 Å². The van der Waals surface area contributed by atoms with E-state index >= 15 is 0 Å². The van der Waals surface area contributed by atoms with E-state index in [1.165, 1.54) is 11.3 Å². The van der Waals surface area contributed by atoms with Crippen LogP contribution in [0.1, 0.15) is 43.0 Å². The molecule has 4 aromatic rings. The Balaban J connectivity index is 0.00000180. The minimum absolute atomic E-state index is 0. The Morgan fingerprint density at radius 3 is 2.74 bits per heavy atom. The summed E-state index contributed by atoms with van der Waals surface area (Å²) in [6.45, 7) is 2.51. The van der Waals surface area contributed by atoms with Crippen LogP contribution in [-0.4, -0.2) is 33.4 Å². The second kappa shape index (κ2) is 8.90. The predicted molar refractivity (Wildman–Crippen MR) is 143 cm³/mol. The maximum absolute atomic E-state index is 13.4. The zero-order chi connectivity index (χ0) is 23.8. The molecule has 1 aliphatic carbocycles. The summed E-state index contributed by atoms with van der Waals surface area (Å²) < 4.78 is 2.68. The number of carbonyl (C=O) groups is 1. The van der Waals surface area contributed by atoms with E-state index in [4.69, 9.17) is 5.41 Å². The first-order valence-corrected chi connectivity index (χ1v) is 12.2. The average Bonchev–Trinajstić information content (AvgIpc) is 3.50. The quantitative estimate of drug-likeness (QED) is 0.250. The highest BCUT2D eigenvalue weighted by Gasteiger charge is 2.31. The van der Waals surface area contributed by atoms with Crippen molar-refractivity contribution < 1.29 is 7.65 Å². The summed E-state index contributed by atoms with van der Waals surface area (Å²) in [6.07, 6.45) is 2.01. The van der Waals surface area contributed by atoms with Crippen LogP contribution in [0.2, 0.25) is 0 Å². The third kappa shape index (κ3) is 4.14. The van der Waals surface area contributed by atoms with Gasteiger partial charge in [-0.3, -0.25) is 14.5 Å². The topological polar surface area (TPSA) is 108 Å². The van der Waals surface area contributed by atoms with Gasteiger partial charge < -0.3 is 21.4 Å². The van der Waals surface area contributed by atoms with Crippen molar-refractivity contribution in [3.8, 4) is 0 Å². The van der Waals surface area contributed by atoms with Crippen LogP contribution in [0, 0.1) is 18.3 Å². The standard InChI is InChI=1S/C25H27N7OS.2H2/c1-14-6-4-7-16(29-14)12-28-18-8-5-9-19(20(18)21(26)15-10-11-15)30-25(33)17-13-34-23-22(17)32(3)31-24(23)27-2;;/h4-9,13,15,26,28H,10-12H2,1-3H3,(H,27,31)(H,30,33);2*1H. The second-order valence-corrected chi connectivity index (χ2v) is 9.42. The molecule has 5 rings (SSSR count). The first kappa shape index (κ1) is 22.1. The maximum Gasteiger partial charge on any atom is 0.258 e. The number of thiophene rings is 1. The number of aryl methyl sites for hydroxylation is 2. The summed E-state index contributed by atoms with van der Waals surface area (Å²) in [6, 6.07) is 11.7. The number of benzene rings is 1. The van der Waals surface area contributed by atoms with Gasteiger partial charge in [0.2, 0.25) is 0 Å². The van der Waals surface area contributed by atoms with Crippen LogP contribution in [0.4, 0.5) is 17.2 Å². The Bertz CT molecular complexity index is 1410. The summed E-state index contributed by atoms with van der Waals surface area (Å²) in [5, 5.41) is 24.8. The number of rotatable bonds is 8. The van der Waals surface area contributed by atoms with E-state index in [1.807, 2.05) is 62.8 Å². The molecule has 0 unspecified atom stereocenters. The highest BCUT2D eigenvalue weighted by Crippen LogP contribution is 2.38. The van der Waals surface area contributed by atoms with E-state index in [1.54, 1.807) is 4.68 Å². The smallest absolute Gasteiger partial charge is 0.258 e. The molecule has 0 saturated heterocycles. The molecule has 0 spiro atoms. The molecule has 3 heterocycles. The van der Waals surface area contributed by atoms with E-state index in [0.29, 0.717) is 23.5 Å². The fourth-order valence-electron chi connectivity index (χ4n) is 4.15. The summed E-state index contributed by atoms with van der Waals surface area (Å²) >= 11 is 1.49. The summed E-state index contributed by atoms with van der Waals surface area (Å²) in [5.41, 5.74) is 6.03. The Hall–Kier alpha value is -3.72. The van der Waals surface area contributed by atoms with Crippen molar-refractivity contribution in [1.82, 2.24) is 14.8 Å². The van der Waals surface area contributed by atoms with E-state index in [-0.39, 0.29) is 14.7 Å². The molecule has 4 N–H and O–H groups in total. The number of pyridine rings is 1. The van der Waals surface area contributed by atoms with Crippen molar-refractivity contribution in [2.24, 2.45) is 13.0 Å². The maximum atomic E-state index is 13.4. The van der Waals surface area contributed by atoms with Crippen LogP contribution in [-0.2, 0) is 13.6 Å².